The minimum Gasteiger partial charge on any atom is -0.289 e. The standard InChI is InChI=1S/C33H66BrNO2/c34-32-30-28-26-24-22-20-18-16-14-12-10-8-6-4-2-1-3-5-7-9-11-13-15-17-19-21-23-25-27-29-31-33(36)35-37/h37H,1-32H2,(H,35,36). The lowest BCUT2D eigenvalue weighted by atomic mass is 10.0. The quantitative estimate of drug-likeness (QED) is 0.0355. The van der Waals surface area contributed by atoms with Gasteiger partial charge in [-0.25, -0.2) is 5.48 Å². The summed E-state index contributed by atoms with van der Waals surface area (Å²) in [6.45, 7) is 0. The van der Waals surface area contributed by atoms with E-state index in [0.29, 0.717) is 6.42 Å². The fourth-order valence-corrected chi connectivity index (χ4v) is 5.78. The van der Waals surface area contributed by atoms with E-state index in [1.165, 1.54) is 185 Å². The number of amides is 1. The van der Waals surface area contributed by atoms with Crippen molar-refractivity contribution in [1.29, 1.82) is 0 Å². The Hall–Kier alpha value is -0.0900. The van der Waals surface area contributed by atoms with Crippen molar-refractivity contribution in [3.8, 4) is 0 Å². The van der Waals surface area contributed by atoms with Crippen LogP contribution in [-0.2, 0) is 4.79 Å². The van der Waals surface area contributed by atoms with Crippen LogP contribution >= 0.6 is 15.9 Å². The fraction of sp³-hybridized carbons (Fsp3) is 0.970. The van der Waals surface area contributed by atoms with Gasteiger partial charge in [0.2, 0.25) is 5.91 Å². The molecule has 0 aromatic heterocycles. The molecule has 0 aliphatic heterocycles. The van der Waals surface area contributed by atoms with Gasteiger partial charge in [0.15, 0.2) is 0 Å². The van der Waals surface area contributed by atoms with Gasteiger partial charge < -0.3 is 0 Å². The summed E-state index contributed by atoms with van der Waals surface area (Å²) in [4.78, 5) is 10.9. The smallest absolute Gasteiger partial charge is 0.243 e. The summed E-state index contributed by atoms with van der Waals surface area (Å²) in [6, 6.07) is 0. The van der Waals surface area contributed by atoms with Crippen LogP contribution in [0.25, 0.3) is 0 Å². The van der Waals surface area contributed by atoms with Crippen LogP contribution in [0, 0.1) is 0 Å². The summed E-state index contributed by atoms with van der Waals surface area (Å²) in [5.74, 6) is -0.255. The first kappa shape index (κ1) is 36.9. The molecule has 0 saturated heterocycles. The molecule has 0 rings (SSSR count). The number of hydroxylamine groups is 1. The molecule has 0 unspecified atom stereocenters. The molecule has 0 aromatic carbocycles. The Morgan fingerprint density at radius 2 is 0.568 bits per heavy atom. The number of carbonyl (C=O) groups excluding carboxylic acids is 1. The van der Waals surface area contributed by atoms with E-state index in [1.807, 2.05) is 0 Å². The normalized spacial score (nSPS) is 11.3. The van der Waals surface area contributed by atoms with E-state index >= 15 is 0 Å². The zero-order chi connectivity index (χ0) is 26.9. The predicted octanol–water partition coefficient (Wildman–Crippen LogP) is 12.0. The molecule has 0 fully saturated rings. The lowest BCUT2D eigenvalue weighted by molar-refractivity contribution is -0.129. The fourth-order valence-electron chi connectivity index (χ4n) is 5.39. The van der Waals surface area contributed by atoms with Crippen molar-refractivity contribution >= 4 is 21.8 Å². The molecule has 0 spiro atoms. The Morgan fingerprint density at radius 1 is 0.378 bits per heavy atom. The lowest BCUT2D eigenvalue weighted by Crippen LogP contribution is -2.17. The first-order valence-electron chi connectivity index (χ1n) is 16.8. The molecule has 0 aliphatic carbocycles. The third-order valence-corrected chi connectivity index (χ3v) is 8.47. The summed E-state index contributed by atoms with van der Waals surface area (Å²) >= 11 is 3.51. The molecule has 3 nitrogen and oxygen atoms in total. The Morgan fingerprint density at radius 3 is 0.757 bits per heavy atom. The predicted molar refractivity (Wildman–Crippen MR) is 167 cm³/mol. The van der Waals surface area contributed by atoms with Crippen molar-refractivity contribution in [1.82, 2.24) is 5.48 Å². The van der Waals surface area contributed by atoms with Gasteiger partial charge >= 0.3 is 0 Å². The number of unbranched alkanes of at least 4 members (excludes halogenated alkanes) is 29. The van der Waals surface area contributed by atoms with Crippen LogP contribution in [0.3, 0.4) is 0 Å². The molecule has 0 radical (unpaired) electrons. The summed E-state index contributed by atoms with van der Waals surface area (Å²) in [6.07, 6.45) is 42.4. The van der Waals surface area contributed by atoms with Crippen molar-refractivity contribution < 1.29 is 10.0 Å². The summed E-state index contributed by atoms with van der Waals surface area (Å²) in [7, 11) is 0. The van der Waals surface area contributed by atoms with Crippen molar-refractivity contribution in [2.75, 3.05) is 5.33 Å². The van der Waals surface area contributed by atoms with Gasteiger partial charge in [-0.2, -0.15) is 0 Å². The zero-order valence-corrected chi connectivity index (χ0v) is 26.4. The van der Waals surface area contributed by atoms with Gasteiger partial charge in [0, 0.05) is 11.8 Å². The van der Waals surface area contributed by atoms with Crippen molar-refractivity contribution in [2.45, 2.75) is 199 Å². The number of alkyl halides is 1. The van der Waals surface area contributed by atoms with Gasteiger partial charge in [-0.1, -0.05) is 196 Å². The van der Waals surface area contributed by atoms with Crippen LogP contribution < -0.4 is 5.48 Å². The first-order chi connectivity index (χ1) is 18.3. The molecule has 1 amide bonds. The molecule has 0 bridgehead atoms. The molecular weight excluding hydrogens is 522 g/mol. The molecule has 4 heteroatoms. The SMILES string of the molecule is O=C(CCCCCCCCCCCCCCCCCCCCCCCCCCCCCCCCBr)NO. The van der Waals surface area contributed by atoms with Crippen LogP contribution in [-0.4, -0.2) is 16.4 Å². The molecule has 222 valence electrons. The van der Waals surface area contributed by atoms with Gasteiger partial charge in [0.05, 0.1) is 0 Å². The minimum atomic E-state index is -0.255. The Kier molecular flexibility index (Phi) is 33.9. The molecular formula is C33H66BrNO2. The second-order valence-electron chi connectivity index (χ2n) is 11.6. The Bertz CT molecular complexity index is 433. The lowest BCUT2D eigenvalue weighted by Gasteiger charge is -2.04. The van der Waals surface area contributed by atoms with Crippen molar-refractivity contribution in [3.05, 3.63) is 0 Å². The first-order valence-corrected chi connectivity index (χ1v) is 17.9. The van der Waals surface area contributed by atoms with Crippen LogP contribution in [0.15, 0.2) is 0 Å². The molecule has 0 atom stereocenters. The van der Waals surface area contributed by atoms with E-state index in [9.17, 15) is 4.79 Å². The van der Waals surface area contributed by atoms with Crippen LogP contribution in [0.5, 0.6) is 0 Å². The average Bonchev–Trinajstić information content (AvgIpc) is 2.91. The highest BCUT2D eigenvalue weighted by molar-refractivity contribution is 9.09. The second kappa shape index (κ2) is 33.9. The molecule has 0 heterocycles. The largest absolute Gasteiger partial charge is 0.289 e. The van der Waals surface area contributed by atoms with Gasteiger partial charge in [-0.3, -0.25) is 10.0 Å². The maximum Gasteiger partial charge on any atom is 0.243 e. The van der Waals surface area contributed by atoms with Crippen molar-refractivity contribution in [3.63, 3.8) is 0 Å². The van der Waals surface area contributed by atoms with E-state index < -0.39 is 0 Å². The van der Waals surface area contributed by atoms with E-state index in [0.717, 1.165) is 12.8 Å². The molecule has 37 heavy (non-hydrogen) atoms. The van der Waals surface area contributed by atoms with Crippen molar-refractivity contribution in [2.24, 2.45) is 0 Å². The van der Waals surface area contributed by atoms with E-state index in [4.69, 9.17) is 5.21 Å². The number of halogens is 1. The maximum atomic E-state index is 10.9. The second-order valence-corrected chi connectivity index (χ2v) is 12.4. The van der Waals surface area contributed by atoms with Crippen LogP contribution in [0.4, 0.5) is 0 Å². The molecule has 2 N–H and O–H groups in total. The van der Waals surface area contributed by atoms with Crippen LogP contribution in [0.2, 0.25) is 0 Å². The summed E-state index contributed by atoms with van der Waals surface area (Å²) in [5, 5.41) is 9.62. The van der Waals surface area contributed by atoms with Gasteiger partial charge in [0.25, 0.3) is 0 Å². The average molecular weight is 589 g/mol. The van der Waals surface area contributed by atoms with Gasteiger partial charge in [-0.15, -0.1) is 0 Å². The number of hydrogen-bond donors (Lipinski definition) is 2. The highest BCUT2D eigenvalue weighted by atomic mass is 79.9. The maximum absolute atomic E-state index is 10.9. The number of carbonyl (C=O) groups is 1. The van der Waals surface area contributed by atoms with Crippen LogP contribution in [0.1, 0.15) is 199 Å². The minimum absolute atomic E-state index is 0.255. The van der Waals surface area contributed by atoms with Gasteiger partial charge in [0.1, 0.15) is 0 Å². The van der Waals surface area contributed by atoms with E-state index in [-0.39, 0.29) is 5.91 Å². The topological polar surface area (TPSA) is 49.3 Å². The Labute approximate surface area is 241 Å². The third kappa shape index (κ3) is 33.9. The summed E-state index contributed by atoms with van der Waals surface area (Å²) < 4.78 is 0. The van der Waals surface area contributed by atoms with E-state index in [1.54, 1.807) is 5.48 Å². The monoisotopic (exact) mass is 587 g/mol. The Balaban J connectivity index is 3.03. The highest BCUT2D eigenvalue weighted by Gasteiger charge is 1.99. The van der Waals surface area contributed by atoms with E-state index in [2.05, 4.69) is 15.9 Å². The number of hydrogen-bond acceptors (Lipinski definition) is 2. The summed E-state index contributed by atoms with van der Waals surface area (Å²) in [5.41, 5.74) is 1.70. The molecule has 0 aromatic rings. The highest BCUT2D eigenvalue weighted by Crippen LogP contribution is 2.16. The third-order valence-electron chi connectivity index (χ3n) is 7.91. The number of nitrogens with one attached hydrogen (secondary N) is 1. The molecule has 0 aliphatic rings. The molecule has 0 saturated carbocycles. The van der Waals surface area contributed by atoms with Gasteiger partial charge in [-0.05, 0) is 12.8 Å². The zero-order valence-electron chi connectivity index (χ0n) is 24.9. The number of rotatable bonds is 32.